The molecule has 0 aliphatic carbocycles. The molecule has 2 aromatic heterocycles. The molecule has 6 nitrogen and oxygen atoms in total. The van der Waals surface area contributed by atoms with Crippen LogP contribution in [0.25, 0.3) is 10.9 Å². The van der Waals surface area contributed by atoms with Crippen molar-refractivity contribution in [3.63, 3.8) is 0 Å². The highest BCUT2D eigenvalue weighted by Gasteiger charge is 2.40. The molecule has 2 N–H and O–H groups in total. The Morgan fingerprint density at radius 3 is 2.93 bits per heavy atom. The molecule has 5 rings (SSSR count). The molecule has 0 unspecified atom stereocenters. The molecule has 160 valence electrons. The van der Waals surface area contributed by atoms with Gasteiger partial charge in [0.1, 0.15) is 0 Å². The predicted octanol–water partition coefficient (Wildman–Crippen LogP) is 3.45. The normalized spacial score (nSPS) is 17.5. The number of nitrogens with one attached hydrogen (secondary N) is 2. The van der Waals surface area contributed by atoms with E-state index in [1.807, 2.05) is 11.7 Å². The largest absolute Gasteiger partial charge is 0.370 e. The molecule has 1 fully saturated rings. The molecule has 0 bridgehead atoms. The first kappa shape index (κ1) is 21.3. The highest BCUT2D eigenvalue weighted by Crippen LogP contribution is 2.43. The third-order valence-corrected chi connectivity index (χ3v) is 7.33. The molecule has 0 saturated carbocycles. The SMILES string of the molecule is Cc1ccc2c(c1)c(CNC(=O)c1cc3c(s1)CCOC31CCNCC1)nn2C.Cl. The topological polar surface area (TPSA) is 68.2 Å². The highest BCUT2D eigenvalue weighted by atomic mass is 35.5. The average molecular weight is 447 g/mol. The molecule has 1 spiro atoms. The lowest BCUT2D eigenvalue weighted by Crippen LogP contribution is -2.44. The molecule has 4 heterocycles. The molecule has 3 aromatic rings. The molecule has 8 heteroatoms. The van der Waals surface area contributed by atoms with Crippen molar-refractivity contribution in [2.24, 2.45) is 7.05 Å². The number of rotatable bonds is 3. The average Bonchev–Trinajstić information content (AvgIpc) is 3.29. The van der Waals surface area contributed by atoms with Gasteiger partial charge in [0.05, 0.1) is 34.8 Å². The minimum absolute atomic E-state index is 0. The number of piperidine rings is 1. The van der Waals surface area contributed by atoms with Crippen molar-refractivity contribution in [2.75, 3.05) is 19.7 Å². The standard InChI is InChI=1S/C22H26N4O2S.ClH/c1-14-3-4-18-15(11-14)17(25-26(18)2)13-24-21(27)20-12-16-19(29-20)5-10-28-22(16)6-8-23-9-7-22;/h3-4,11-12,23H,5-10,13H2,1-2H3,(H,24,27);1H. The Bertz CT molecular complexity index is 1080. The van der Waals surface area contributed by atoms with Crippen LogP contribution in [0.1, 0.15) is 44.2 Å². The van der Waals surface area contributed by atoms with Gasteiger partial charge in [0.25, 0.3) is 5.91 Å². The molecule has 0 atom stereocenters. The van der Waals surface area contributed by atoms with E-state index in [1.165, 1.54) is 16.0 Å². The van der Waals surface area contributed by atoms with E-state index >= 15 is 0 Å². The van der Waals surface area contributed by atoms with Crippen LogP contribution in [-0.2, 0) is 30.4 Å². The maximum absolute atomic E-state index is 12.9. The summed E-state index contributed by atoms with van der Waals surface area (Å²) >= 11 is 1.62. The highest BCUT2D eigenvalue weighted by molar-refractivity contribution is 7.14. The van der Waals surface area contributed by atoms with Crippen molar-refractivity contribution >= 4 is 40.6 Å². The molecule has 1 saturated heterocycles. The van der Waals surface area contributed by atoms with Crippen LogP contribution >= 0.6 is 23.7 Å². The second-order valence-corrected chi connectivity index (χ2v) is 9.20. The summed E-state index contributed by atoms with van der Waals surface area (Å²) in [5, 5.41) is 12.2. The van der Waals surface area contributed by atoms with E-state index in [0.29, 0.717) is 6.54 Å². The van der Waals surface area contributed by atoms with Gasteiger partial charge >= 0.3 is 0 Å². The molecule has 1 amide bonds. The summed E-state index contributed by atoms with van der Waals surface area (Å²) in [5.74, 6) is -0.0278. The van der Waals surface area contributed by atoms with Crippen molar-refractivity contribution in [2.45, 2.75) is 38.3 Å². The molecule has 30 heavy (non-hydrogen) atoms. The molecule has 1 aromatic carbocycles. The lowest BCUT2D eigenvalue weighted by molar-refractivity contribution is -0.0792. The first-order valence-electron chi connectivity index (χ1n) is 10.2. The summed E-state index contributed by atoms with van der Waals surface area (Å²) in [6, 6.07) is 8.36. The predicted molar refractivity (Wildman–Crippen MR) is 122 cm³/mol. The molecule has 0 radical (unpaired) electrons. The van der Waals surface area contributed by atoms with E-state index in [2.05, 4.69) is 46.9 Å². The quantitative estimate of drug-likeness (QED) is 0.646. The molecular formula is C22H27ClN4O2S. The van der Waals surface area contributed by atoms with E-state index < -0.39 is 0 Å². The number of hydrogen-bond donors (Lipinski definition) is 2. The smallest absolute Gasteiger partial charge is 0.261 e. The fourth-order valence-corrected chi connectivity index (χ4v) is 5.75. The number of amides is 1. The summed E-state index contributed by atoms with van der Waals surface area (Å²) in [6.07, 6.45) is 2.83. The first-order valence-corrected chi connectivity index (χ1v) is 11.1. The summed E-state index contributed by atoms with van der Waals surface area (Å²) in [4.78, 5) is 15.0. The number of aryl methyl sites for hydroxylation is 2. The van der Waals surface area contributed by atoms with Crippen molar-refractivity contribution in [1.82, 2.24) is 20.4 Å². The summed E-state index contributed by atoms with van der Waals surface area (Å²) in [5.41, 5.74) is 4.20. The van der Waals surface area contributed by atoms with Gasteiger partial charge in [0, 0.05) is 23.7 Å². The minimum Gasteiger partial charge on any atom is -0.370 e. The van der Waals surface area contributed by atoms with Crippen LogP contribution < -0.4 is 10.6 Å². The number of fused-ring (bicyclic) bond motifs is 3. The molecular weight excluding hydrogens is 420 g/mol. The monoisotopic (exact) mass is 446 g/mol. The zero-order valence-electron chi connectivity index (χ0n) is 17.3. The van der Waals surface area contributed by atoms with Crippen molar-refractivity contribution in [3.05, 3.63) is 50.8 Å². The van der Waals surface area contributed by atoms with Gasteiger partial charge in [-0.2, -0.15) is 5.10 Å². The Morgan fingerprint density at radius 2 is 2.13 bits per heavy atom. The molecule has 2 aliphatic rings. The van der Waals surface area contributed by atoms with E-state index in [1.54, 1.807) is 11.3 Å². The van der Waals surface area contributed by atoms with Crippen LogP contribution in [0.4, 0.5) is 0 Å². The Balaban J connectivity index is 0.00000218. The Hall–Kier alpha value is -1.93. The van der Waals surface area contributed by atoms with Gasteiger partial charge in [0.15, 0.2) is 0 Å². The van der Waals surface area contributed by atoms with Crippen LogP contribution in [0.3, 0.4) is 0 Å². The van der Waals surface area contributed by atoms with Crippen LogP contribution in [0.15, 0.2) is 24.3 Å². The van der Waals surface area contributed by atoms with E-state index in [4.69, 9.17) is 4.74 Å². The number of aromatic nitrogens is 2. The number of thiophene rings is 1. The Morgan fingerprint density at radius 1 is 1.33 bits per heavy atom. The van der Waals surface area contributed by atoms with Gasteiger partial charge in [0.2, 0.25) is 0 Å². The van der Waals surface area contributed by atoms with E-state index in [-0.39, 0.29) is 23.9 Å². The first-order chi connectivity index (χ1) is 14.1. The summed E-state index contributed by atoms with van der Waals surface area (Å²) < 4.78 is 8.11. The summed E-state index contributed by atoms with van der Waals surface area (Å²) in [7, 11) is 1.94. The number of nitrogens with zero attached hydrogens (tertiary/aromatic N) is 2. The van der Waals surface area contributed by atoms with E-state index in [0.717, 1.165) is 60.4 Å². The number of hydrogen-bond acceptors (Lipinski definition) is 5. The zero-order chi connectivity index (χ0) is 20.0. The zero-order valence-corrected chi connectivity index (χ0v) is 18.9. The van der Waals surface area contributed by atoms with Gasteiger partial charge < -0.3 is 15.4 Å². The maximum Gasteiger partial charge on any atom is 0.261 e. The van der Waals surface area contributed by atoms with E-state index in [9.17, 15) is 4.79 Å². The second-order valence-electron chi connectivity index (χ2n) is 8.06. The van der Waals surface area contributed by atoms with Gasteiger partial charge in [-0.1, -0.05) is 11.6 Å². The minimum atomic E-state index is -0.206. The van der Waals surface area contributed by atoms with Crippen molar-refractivity contribution in [3.8, 4) is 0 Å². The van der Waals surface area contributed by atoms with Gasteiger partial charge in [-0.15, -0.1) is 23.7 Å². The van der Waals surface area contributed by atoms with Crippen LogP contribution in [0.2, 0.25) is 0 Å². The van der Waals surface area contributed by atoms with Crippen molar-refractivity contribution in [1.29, 1.82) is 0 Å². The lowest BCUT2D eigenvalue weighted by Gasteiger charge is -2.40. The summed E-state index contributed by atoms with van der Waals surface area (Å²) in [6.45, 7) is 5.16. The van der Waals surface area contributed by atoms with Crippen molar-refractivity contribution < 1.29 is 9.53 Å². The number of halogens is 1. The van der Waals surface area contributed by atoms with Gasteiger partial charge in [-0.05, 0) is 56.6 Å². The Kier molecular flexibility index (Phi) is 5.90. The fourth-order valence-electron chi connectivity index (χ4n) is 4.61. The van der Waals surface area contributed by atoms with Gasteiger partial charge in [-0.25, -0.2) is 0 Å². The number of carbonyl (C=O) groups is 1. The van der Waals surface area contributed by atoms with Crippen LogP contribution in [0.5, 0.6) is 0 Å². The maximum atomic E-state index is 12.9. The van der Waals surface area contributed by atoms with Crippen LogP contribution in [-0.4, -0.2) is 35.4 Å². The fraction of sp³-hybridized carbons (Fsp3) is 0.455. The third kappa shape index (κ3) is 3.64. The lowest BCUT2D eigenvalue weighted by atomic mass is 9.83. The number of ether oxygens (including phenoxy) is 1. The van der Waals surface area contributed by atoms with Gasteiger partial charge in [-0.3, -0.25) is 9.48 Å². The third-order valence-electron chi connectivity index (χ3n) is 6.14. The number of benzene rings is 1. The Labute approximate surface area is 186 Å². The van der Waals surface area contributed by atoms with Crippen LogP contribution in [0, 0.1) is 6.92 Å². The second kappa shape index (κ2) is 8.30. The molecule has 2 aliphatic heterocycles. The number of carbonyl (C=O) groups excluding carboxylic acids is 1.